The predicted molar refractivity (Wildman–Crippen MR) is 261 cm³/mol. The Balaban J connectivity index is 1.05. The van der Waals surface area contributed by atoms with Gasteiger partial charge in [0.25, 0.3) is 0 Å². The van der Waals surface area contributed by atoms with Crippen LogP contribution in [0, 0.1) is 0 Å². The van der Waals surface area contributed by atoms with E-state index in [2.05, 4.69) is 231 Å². The quantitative estimate of drug-likeness (QED) is 0.143. The van der Waals surface area contributed by atoms with E-state index in [1.54, 1.807) is 0 Å². The van der Waals surface area contributed by atoms with Crippen molar-refractivity contribution in [2.24, 2.45) is 0 Å². The Labute approximate surface area is 362 Å². The normalized spacial score (nSPS) is 11.2. The summed E-state index contributed by atoms with van der Waals surface area (Å²) in [5.41, 5.74) is 18.8. The molecule has 0 amide bonds. The molecule has 290 valence electrons. The SMILES string of the molecule is c1ccc(-c2ccc(-c3cc(-c4ccc(-c5ccccc5)cc4)c4cc(-c5ccc(-c6cc(-c7ccccc7)nc(-c7ccccc7)c6)cc5)c5ccccc5c4n3)cc2)cc1. The largest absolute Gasteiger partial charge is 0.248 e. The molecule has 0 bridgehead atoms. The fourth-order valence-corrected chi connectivity index (χ4v) is 8.67. The van der Waals surface area contributed by atoms with Crippen molar-refractivity contribution in [3.05, 3.63) is 243 Å². The Morgan fingerprint density at radius 2 is 0.516 bits per heavy atom. The van der Waals surface area contributed by atoms with Gasteiger partial charge in [-0.1, -0.05) is 218 Å². The van der Waals surface area contributed by atoms with E-state index in [9.17, 15) is 0 Å². The molecule has 0 unspecified atom stereocenters. The molecule has 0 radical (unpaired) electrons. The lowest BCUT2D eigenvalue weighted by atomic mass is 9.90. The fourth-order valence-electron chi connectivity index (χ4n) is 8.67. The summed E-state index contributed by atoms with van der Waals surface area (Å²) < 4.78 is 0. The van der Waals surface area contributed by atoms with Gasteiger partial charge in [0.2, 0.25) is 0 Å². The second kappa shape index (κ2) is 16.1. The van der Waals surface area contributed by atoms with Crippen molar-refractivity contribution < 1.29 is 0 Å². The lowest BCUT2D eigenvalue weighted by Gasteiger charge is -2.16. The van der Waals surface area contributed by atoms with Crippen molar-refractivity contribution in [1.29, 1.82) is 0 Å². The highest BCUT2D eigenvalue weighted by Gasteiger charge is 2.17. The summed E-state index contributed by atoms with van der Waals surface area (Å²) in [4.78, 5) is 10.6. The van der Waals surface area contributed by atoms with Crippen molar-refractivity contribution in [1.82, 2.24) is 9.97 Å². The average Bonchev–Trinajstić information content (AvgIpc) is 3.37. The first-order valence-corrected chi connectivity index (χ1v) is 21.1. The van der Waals surface area contributed by atoms with Gasteiger partial charge in [0.15, 0.2) is 0 Å². The molecule has 2 heterocycles. The van der Waals surface area contributed by atoms with Crippen LogP contribution in [0.1, 0.15) is 0 Å². The van der Waals surface area contributed by atoms with Crippen LogP contribution in [0.2, 0.25) is 0 Å². The third-order valence-corrected chi connectivity index (χ3v) is 11.9. The van der Waals surface area contributed by atoms with E-state index >= 15 is 0 Å². The second-order valence-electron chi connectivity index (χ2n) is 15.7. The fraction of sp³-hybridized carbons (Fsp3) is 0. The van der Waals surface area contributed by atoms with Gasteiger partial charge in [-0.2, -0.15) is 0 Å². The van der Waals surface area contributed by atoms with Crippen LogP contribution in [0.25, 0.3) is 111 Å². The highest BCUT2D eigenvalue weighted by molar-refractivity contribution is 6.16. The number of nitrogens with zero attached hydrogens (tertiary/aromatic N) is 2. The first-order valence-electron chi connectivity index (χ1n) is 21.1. The van der Waals surface area contributed by atoms with E-state index in [-0.39, 0.29) is 0 Å². The number of aromatic nitrogens is 2. The standard InChI is InChI=1S/C60H40N2/c1-5-15-41(16-6-1)43-25-31-47(32-26-43)55-40-59(50-35-29-44(30-36-50)42-17-7-2-8-18-42)62-60-53-24-14-13-23-52(53)54(39-56(55)60)46-33-27-45(28-34-46)51-37-57(48-19-9-3-10-20-48)61-58(38-51)49-21-11-4-12-22-49/h1-40H. The molecule has 0 aliphatic heterocycles. The molecule has 0 aliphatic carbocycles. The smallest absolute Gasteiger partial charge is 0.0794 e. The Hall–Kier alpha value is -8.20. The Kier molecular flexibility index (Phi) is 9.57. The van der Waals surface area contributed by atoms with Gasteiger partial charge in [-0.15, -0.1) is 0 Å². The molecule has 9 aromatic carbocycles. The zero-order valence-corrected chi connectivity index (χ0v) is 34.0. The maximum Gasteiger partial charge on any atom is 0.0794 e. The zero-order chi connectivity index (χ0) is 41.2. The van der Waals surface area contributed by atoms with Crippen LogP contribution in [0.3, 0.4) is 0 Å². The van der Waals surface area contributed by atoms with Gasteiger partial charge in [-0.25, -0.2) is 9.97 Å². The topological polar surface area (TPSA) is 25.8 Å². The van der Waals surface area contributed by atoms with Crippen LogP contribution in [-0.4, -0.2) is 9.97 Å². The maximum absolute atomic E-state index is 5.48. The van der Waals surface area contributed by atoms with Crippen molar-refractivity contribution in [2.75, 3.05) is 0 Å². The second-order valence-corrected chi connectivity index (χ2v) is 15.7. The van der Waals surface area contributed by atoms with Gasteiger partial charge in [-0.05, 0) is 85.3 Å². The maximum atomic E-state index is 5.48. The molecule has 0 N–H and O–H groups in total. The van der Waals surface area contributed by atoms with Crippen LogP contribution >= 0.6 is 0 Å². The first-order chi connectivity index (χ1) is 30.7. The van der Waals surface area contributed by atoms with Crippen molar-refractivity contribution in [2.45, 2.75) is 0 Å². The number of fused-ring (bicyclic) bond motifs is 3. The number of pyridine rings is 2. The number of hydrogen-bond donors (Lipinski definition) is 0. The predicted octanol–water partition coefficient (Wildman–Crippen LogP) is 16.1. The number of hydrogen-bond acceptors (Lipinski definition) is 2. The van der Waals surface area contributed by atoms with Crippen molar-refractivity contribution >= 4 is 21.7 Å². The molecule has 0 saturated carbocycles. The van der Waals surface area contributed by atoms with E-state index in [1.165, 1.54) is 33.2 Å². The average molecular weight is 789 g/mol. The Bertz CT molecular complexity index is 3270. The van der Waals surface area contributed by atoms with Gasteiger partial charge in [0, 0.05) is 27.5 Å². The van der Waals surface area contributed by atoms with Gasteiger partial charge in [0.05, 0.1) is 22.6 Å². The van der Waals surface area contributed by atoms with Crippen LogP contribution in [-0.2, 0) is 0 Å². The van der Waals surface area contributed by atoms with Gasteiger partial charge < -0.3 is 0 Å². The lowest BCUT2D eigenvalue weighted by molar-refractivity contribution is 1.32. The molecule has 2 aromatic heterocycles. The number of rotatable bonds is 8. The zero-order valence-electron chi connectivity index (χ0n) is 34.0. The summed E-state index contributed by atoms with van der Waals surface area (Å²) in [5.74, 6) is 0. The molecule has 11 rings (SSSR count). The molecule has 0 atom stereocenters. The highest BCUT2D eigenvalue weighted by atomic mass is 14.7. The lowest BCUT2D eigenvalue weighted by Crippen LogP contribution is -1.94. The van der Waals surface area contributed by atoms with E-state index in [0.717, 1.165) is 77.9 Å². The molecule has 11 aromatic rings. The highest BCUT2D eigenvalue weighted by Crippen LogP contribution is 2.41. The van der Waals surface area contributed by atoms with Gasteiger partial charge >= 0.3 is 0 Å². The molecular formula is C60H40N2. The molecule has 62 heavy (non-hydrogen) atoms. The van der Waals surface area contributed by atoms with E-state index in [1.807, 2.05) is 12.1 Å². The van der Waals surface area contributed by atoms with Crippen LogP contribution < -0.4 is 0 Å². The van der Waals surface area contributed by atoms with Crippen LogP contribution in [0.5, 0.6) is 0 Å². The van der Waals surface area contributed by atoms with E-state index in [4.69, 9.17) is 9.97 Å². The van der Waals surface area contributed by atoms with Crippen molar-refractivity contribution in [3.63, 3.8) is 0 Å². The summed E-state index contributed by atoms with van der Waals surface area (Å²) in [6.07, 6.45) is 0. The van der Waals surface area contributed by atoms with E-state index in [0.29, 0.717) is 0 Å². The third-order valence-electron chi connectivity index (χ3n) is 11.9. The van der Waals surface area contributed by atoms with Crippen LogP contribution in [0.15, 0.2) is 243 Å². The van der Waals surface area contributed by atoms with Crippen molar-refractivity contribution in [3.8, 4) is 89.4 Å². The summed E-state index contributed by atoms with van der Waals surface area (Å²) in [7, 11) is 0. The van der Waals surface area contributed by atoms with Gasteiger partial charge in [0.1, 0.15) is 0 Å². The first kappa shape index (κ1) is 36.8. The molecule has 0 aliphatic rings. The molecule has 2 nitrogen and oxygen atoms in total. The van der Waals surface area contributed by atoms with Crippen LogP contribution in [0.4, 0.5) is 0 Å². The Morgan fingerprint density at radius 1 is 0.194 bits per heavy atom. The molecule has 0 spiro atoms. The minimum absolute atomic E-state index is 0.948. The van der Waals surface area contributed by atoms with E-state index < -0.39 is 0 Å². The third kappa shape index (κ3) is 7.14. The monoisotopic (exact) mass is 788 g/mol. The number of benzene rings is 9. The summed E-state index contributed by atoms with van der Waals surface area (Å²) in [6, 6.07) is 86.5. The minimum atomic E-state index is 0.948. The molecule has 0 fully saturated rings. The minimum Gasteiger partial charge on any atom is -0.248 e. The summed E-state index contributed by atoms with van der Waals surface area (Å²) >= 11 is 0. The summed E-state index contributed by atoms with van der Waals surface area (Å²) in [5, 5.41) is 3.42. The van der Waals surface area contributed by atoms with Gasteiger partial charge in [-0.3, -0.25) is 0 Å². The molecule has 0 saturated heterocycles. The Morgan fingerprint density at radius 3 is 1.00 bits per heavy atom. The molecular weight excluding hydrogens is 749 g/mol. The summed E-state index contributed by atoms with van der Waals surface area (Å²) in [6.45, 7) is 0. The molecule has 2 heteroatoms.